The zero-order valence-corrected chi connectivity index (χ0v) is 12.5. The van der Waals surface area contributed by atoms with Crippen LogP contribution in [0.1, 0.15) is 17.3 Å². The second-order valence-corrected chi connectivity index (χ2v) is 5.50. The molecule has 2 heterocycles. The van der Waals surface area contributed by atoms with Crippen LogP contribution in [0.2, 0.25) is 0 Å². The highest BCUT2D eigenvalue weighted by Crippen LogP contribution is 2.17. The number of carbonyl (C=O) groups is 1. The minimum absolute atomic E-state index is 0.00769. The van der Waals surface area contributed by atoms with E-state index in [0.29, 0.717) is 24.5 Å². The molecule has 1 aliphatic heterocycles. The Hall–Kier alpha value is -1.72. The second kappa shape index (κ2) is 5.95. The van der Waals surface area contributed by atoms with Gasteiger partial charge in [0.1, 0.15) is 0 Å². The molecule has 0 aliphatic carbocycles. The number of alkyl halides is 1. The van der Waals surface area contributed by atoms with Crippen molar-refractivity contribution in [3.63, 3.8) is 0 Å². The number of morpholine rings is 1. The van der Waals surface area contributed by atoms with E-state index in [0.717, 1.165) is 11.0 Å². The molecule has 3 rings (SSSR count). The highest BCUT2D eigenvalue weighted by atomic mass is 35.5. The van der Waals surface area contributed by atoms with Crippen molar-refractivity contribution >= 4 is 28.5 Å². The van der Waals surface area contributed by atoms with Crippen LogP contribution in [0.25, 0.3) is 11.0 Å². The number of halogens is 1. The van der Waals surface area contributed by atoms with Gasteiger partial charge in [0.15, 0.2) is 0 Å². The third-order valence-corrected chi connectivity index (χ3v) is 3.85. The molecule has 2 unspecified atom stereocenters. The van der Waals surface area contributed by atoms with E-state index in [9.17, 15) is 4.79 Å². The molecule has 110 valence electrons. The van der Waals surface area contributed by atoms with Crippen molar-refractivity contribution in [3.8, 4) is 0 Å². The minimum atomic E-state index is -0.111. The Balaban J connectivity index is 1.85. The molecule has 1 fully saturated rings. The standard InChI is InChI=1S/C15H16ClN3O2/c1-10-8-19(9-12(7-16)21-10)15(20)11-2-3-13-14(6-11)18-5-4-17-13/h2-6,10,12H,7-9H2,1H3. The van der Waals surface area contributed by atoms with Gasteiger partial charge in [-0.1, -0.05) is 0 Å². The number of rotatable bonds is 2. The van der Waals surface area contributed by atoms with Crippen LogP contribution in [-0.4, -0.2) is 52.0 Å². The van der Waals surface area contributed by atoms with Crippen LogP contribution in [-0.2, 0) is 4.74 Å². The average Bonchev–Trinajstić information content (AvgIpc) is 2.53. The normalized spacial score (nSPS) is 22.5. The molecule has 5 nitrogen and oxygen atoms in total. The van der Waals surface area contributed by atoms with Gasteiger partial charge in [-0.05, 0) is 25.1 Å². The summed E-state index contributed by atoms with van der Waals surface area (Å²) in [7, 11) is 0. The zero-order valence-electron chi connectivity index (χ0n) is 11.7. The molecule has 2 aromatic rings. The van der Waals surface area contributed by atoms with Gasteiger partial charge in [-0.3, -0.25) is 14.8 Å². The summed E-state index contributed by atoms with van der Waals surface area (Å²) in [5.41, 5.74) is 2.12. The Morgan fingerprint density at radius 2 is 2.10 bits per heavy atom. The molecule has 0 bridgehead atoms. The smallest absolute Gasteiger partial charge is 0.254 e. The molecule has 0 N–H and O–H groups in total. The quantitative estimate of drug-likeness (QED) is 0.797. The summed E-state index contributed by atoms with van der Waals surface area (Å²) in [6.07, 6.45) is 3.14. The SMILES string of the molecule is CC1CN(C(=O)c2ccc3nccnc3c2)CC(CCl)O1. The van der Waals surface area contributed by atoms with Crippen LogP contribution in [0.3, 0.4) is 0 Å². The first-order chi connectivity index (χ1) is 10.2. The Bertz CT molecular complexity index is 664. The van der Waals surface area contributed by atoms with E-state index in [1.807, 2.05) is 13.0 Å². The number of hydrogen-bond donors (Lipinski definition) is 0. The van der Waals surface area contributed by atoms with Gasteiger partial charge in [-0.15, -0.1) is 11.6 Å². The predicted octanol–water partition coefficient (Wildman–Crippen LogP) is 2.10. The molecule has 0 saturated carbocycles. The Morgan fingerprint density at radius 3 is 2.86 bits per heavy atom. The molecule has 2 atom stereocenters. The van der Waals surface area contributed by atoms with Crippen molar-refractivity contribution in [3.05, 3.63) is 36.2 Å². The fourth-order valence-electron chi connectivity index (χ4n) is 2.58. The van der Waals surface area contributed by atoms with E-state index in [1.165, 1.54) is 0 Å². The molecule has 0 radical (unpaired) electrons. The third kappa shape index (κ3) is 2.99. The Labute approximate surface area is 127 Å². The van der Waals surface area contributed by atoms with Crippen LogP contribution in [0.4, 0.5) is 0 Å². The lowest BCUT2D eigenvalue weighted by Gasteiger charge is -2.36. The van der Waals surface area contributed by atoms with E-state index in [-0.39, 0.29) is 18.1 Å². The van der Waals surface area contributed by atoms with Gasteiger partial charge in [0.25, 0.3) is 5.91 Å². The van der Waals surface area contributed by atoms with Crippen LogP contribution in [0, 0.1) is 0 Å². The van der Waals surface area contributed by atoms with Crippen molar-refractivity contribution < 1.29 is 9.53 Å². The maximum Gasteiger partial charge on any atom is 0.254 e. The fourth-order valence-corrected chi connectivity index (χ4v) is 2.75. The van der Waals surface area contributed by atoms with E-state index < -0.39 is 0 Å². The first-order valence-corrected chi connectivity index (χ1v) is 7.42. The van der Waals surface area contributed by atoms with Crippen LogP contribution in [0.15, 0.2) is 30.6 Å². The maximum atomic E-state index is 12.6. The van der Waals surface area contributed by atoms with E-state index in [1.54, 1.807) is 29.4 Å². The monoisotopic (exact) mass is 305 g/mol. The number of hydrogen-bond acceptors (Lipinski definition) is 4. The number of nitrogens with zero attached hydrogens (tertiary/aromatic N) is 3. The number of ether oxygens (including phenoxy) is 1. The van der Waals surface area contributed by atoms with Crippen LogP contribution >= 0.6 is 11.6 Å². The van der Waals surface area contributed by atoms with Crippen molar-refractivity contribution in [1.29, 1.82) is 0 Å². The number of benzene rings is 1. The van der Waals surface area contributed by atoms with Crippen molar-refractivity contribution in [2.75, 3.05) is 19.0 Å². The topological polar surface area (TPSA) is 55.3 Å². The molecular weight excluding hydrogens is 290 g/mol. The highest BCUT2D eigenvalue weighted by Gasteiger charge is 2.28. The van der Waals surface area contributed by atoms with E-state index in [2.05, 4.69) is 9.97 Å². The number of carbonyl (C=O) groups excluding carboxylic acids is 1. The summed E-state index contributed by atoms with van der Waals surface area (Å²) < 4.78 is 5.67. The largest absolute Gasteiger partial charge is 0.370 e. The molecule has 0 spiro atoms. The molecular formula is C15H16ClN3O2. The Morgan fingerprint density at radius 1 is 1.33 bits per heavy atom. The first kappa shape index (κ1) is 14.2. The molecule has 6 heteroatoms. The van der Waals surface area contributed by atoms with Crippen molar-refractivity contribution in [1.82, 2.24) is 14.9 Å². The summed E-state index contributed by atoms with van der Waals surface area (Å²) in [5, 5.41) is 0. The number of amides is 1. The van der Waals surface area contributed by atoms with Gasteiger partial charge in [0.2, 0.25) is 0 Å². The number of fused-ring (bicyclic) bond motifs is 1. The van der Waals surface area contributed by atoms with Gasteiger partial charge >= 0.3 is 0 Å². The van der Waals surface area contributed by atoms with Gasteiger partial charge < -0.3 is 9.64 Å². The lowest BCUT2D eigenvalue weighted by atomic mass is 10.1. The van der Waals surface area contributed by atoms with E-state index >= 15 is 0 Å². The van der Waals surface area contributed by atoms with E-state index in [4.69, 9.17) is 16.3 Å². The summed E-state index contributed by atoms with van der Waals surface area (Å²) in [6, 6.07) is 5.38. The molecule has 1 aliphatic rings. The average molecular weight is 306 g/mol. The molecule has 21 heavy (non-hydrogen) atoms. The highest BCUT2D eigenvalue weighted by molar-refractivity contribution is 6.18. The minimum Gasteiger partial charge on any atom is -0.370 e. The van der Waals surface area contributed by atoms with Gasteiger partial charge in [0.05, 0.1) is 29.1 Å². The molecule has 1 aromatic heterocycles. The molecule has 1 aromatic carbocycles. The summed E-state index contributed by atoms with van der Waals surface area (Å²) >= 11 is 5.86. The summed E-state index contributed by atoms with van der Waals surface area (Å²) in [5.74, 6) is 0.366. The van der Waals surface area contributed by atoms with Gasteiger partial charge in [0, 0.05) is 31.0 Å². The molecule has 1 amide bonds. The maximum absolute atomic E-state index is 12.6. The lowest BCUT2D eigenvalue weighted by molar-refractivity contribution is -0.0570. The summed E-state index contributed by atoms with van der Waals surface area (Å²) in [4.78, 5) is 22.9. The van der Waals surface area contributed by atoms with Crippen LogP contribution < -0.4 is 0 Å². The number of aromatic nitrogens is 2. The second-order valence-electron chi connectivity index (χ2n) is 5.19. The van der Waals surface area contributed by atoms with Crippen molar-refractivity contribution in [2.45, 2.75) is 19.1 Å². The Kier molecular flexibility index (Phi) is 4.03. The van der Waals surface area contributed by atoms with Crippen molar-refractivity contribution in [2.24, 2.45) is 0 Å². The fraction of sp³-hybridized carbons (Fsp3) is 0.400. The van der Waals surface area contributed by atoms with Gasteiger partial charge in [-0.25, -0.2) is 0 Å². The zero-order chi connectivity index (χ0) is 14.8. The predicted molar refractivity (Wildman–Crippen MR) is 80.5 cm³/mol. The lowest BCUT2D eigenvalue weighted by Crippen LogP contribution is -2.49. The summed E-state index contributed by atoms with van der Waals surface area (Å²) in [6.45, 7) is 3.04. The first-order valence-electron chi connectivity index (χ1n) is 6.89. The third-order valence-electron chi connectivity index (χ3n) is 3.50. The van der Waals surface area contributed by atoms with Crippen LogP contribution in [0.5, 0.6) is 0 Å². The van der Waals surface area contributed by atoms with Gasteiger partial charge in [-0.2, -0.15) is 0 Å². The molecule has 1 saturated heterocycles.